The standard InChI is InChI=1S/C29H39F2N6O7P/c1-17(2)42-25(38)18(3)36-45(40,44-21-13-7-6-8-14-21)41-15-29(31)26(39)28(5,30)27(43-29)37-16-32-22-23(33-19(4)34-24(22)37)35-20-11-9-10-12-20/h6-8,13-14,16-18,20,26-27,39H,9-12,15H2,1-5H3,(H,36,40)(H,33,34,35)/t18-,26-,27+,28+,29+,45?/m0/s1. The Morgan fingerprint density at radius 2 is 1.89 bits per heavy atom. The number of halogens is 2. The number of hydrogen-bond acceptors (Lipinski definition) is 11. The number of aromatic nitrogens is 4. The number of carbonyl (C=O) groups is 1. The molecule has 6 atom stereocenters. The average molecular weight is 653 g/mol. The third kappa shape index (κ3) is 7.12. The molecule has 1 aliphatic heterocycles. The van der Waals surface area contributed by atoms with E-state index in [1.54, 1.807) is 39.0 Å². The lowest BCUT2D eigenvalue weighted by Crippen LogP contribution is -2.47. The van der Waals surface area contributed by atoms with Crippen LogP contribution in [-0.2, 0) is 23.4 Å². The Bertz CT molecular complexity index is 1550. The van der Waals surface area contributed by atoms with Crippen LogP contribution < -0.4 is 14.9 Å². The summed E-state index contributed by atoms with van der Waals surface area (Å²) in [6.45, 7) is 6.05. The SMILES string of the molecule is Cc1nc(NC2CCCC2)c2ncn([C@@H]3O[C@](F)(COP(=O)(N[C@@H](C)C(=O)OC(C)C)Oc4ccccc4)[C@@H](O)[C@@]3(C)F)c2n1. The third-order valence-electron chi connectivity index (χ3n) is 7.67. The maximum Gasteiger partial charge on any atom is 0.459 e. The first kappa shape index (κ1) is 33.1. The number of aliphatic hydroxyl groups is 1. The van der Waals surface area contributed by atoms with Crippen LogP contribution in [0, 0.1) is 6.92 Å². The van der Waals surface area contributed by atoms with Crippen LogP contribution >= 0.6 is 7.75 Å². The number of imidazole rings is 1. The Morgan fingerprint density at radius 3 is 2.56 bits per heavy atom. The van der Waals surface area contributed by atoms with Crippen molar-refractivity contribution in [2.45, 2.75) is 102 Å². The number of benzene rings is 1. The number of nitrogens with zero attached hydrogens (tertiary/aromatic N) is 4. The number of para-hydroxylation sites is 1. The maximum absolute atomic E-state index is 16.4. The molecule has 3 aromatic rings. The van der Waals surface area contributed by atoms with Gasteiger partial charge in [0, 0.05) is 6.04 Å². The number of carbonyl (C=O) groups excluding carboxylic acids is 1. The minimum Gasteiger partial charge on any atom is -0.462 e. The summed E-state index contributed by atoms with van der Waals surface area (Å²) in [5.41, 5.74) is -2.22. The molecule has 13 nitrogen and oxygen atoms in total. The van der Waals surface area contributed by atoms with E-state index in [9.17, 15) is 14.5 Å². The molecule has 16 heteroatoms. The highest BCUT2D eigenvalue weighted by Gasteiger charge is 2.65. The van der Waals surface area contributed by atoms with Gasteiger partial charge in [0.1, 0.15) is 24.2 Å². The predicted molar refractivity (Wildman–Crippen MR) is 160 cm³/mol. The van der Waals surface area contributed by atoms with Crippen LogP contribution in [0.15, 0.2) is 36.7 Å². The summed E-state index contributed by atoms with van der Waals surface area (Å²) in [6.07, 6.45) is 0.757. The molecule has 1 saturated carbocycles. The van der Waals surface area contributed by atoms with Crippen molar-refractivity contribution in [2.75, 3.05) is 11.9 Å². The second-order valence-electron chi connectivity index (χ2n) is 11.9. The summed E-state index contributed by atoms with van der Waals surface area (Å²) < 4.78 is 69.3. The largest absolute Gasteiger partial charge is 0.462 e. The van der Waals surface area contributed by atoms with Crippen LogP contribution in [0.5, 0.6) is 5.75 Å². The summed E-state index contributed by atoms with van der Waals surface area (Å²) in [5.74, 6) is -3.06. The first-order chi connectivity index (χ1) is 21.2. The topological polar surface area (TPSA) is 159 Å². The first-order valence-electron chi connectivity index (χ1n) is 14.9. The Hall–Kier alpha value is -3.23. The van der Waals surface area contributed by atoms with Crippen LogP contribution in [-0.4, -0.2) is 73.0 Å². The number of hydrogen-bond donors (Lipinski definition) is 3. The van der Waals surface area contributed by atoms with Gasteiger partial charge in [-0.15, -0.1) is 0 Å². The molecule has 2 fully saturated rings. The highest BCUT2D eigenvalue weighted by molar-refractivity contribution is 7.52. The molecule has 3 N–H and O–H groups in total. The quantitative estimate of drug-likeness (QED) is 0.180. The van der Waals surface area contributed by atoms with E-state index in [1.165, 1.54) is 30.0 Å². The van der Waals surface area contributed by atoms with E-state index in [0.717, 1.165) is 32.6 Å². The first-order valence-corrected chi connectivity index (χ1v) is 16.4. The van der Waals surface area contributed by atoms with Gasteiger partial charge in [-0.05, 0) is 59.6 Å². The van der Waals surface area contributed by atoms with Crippen LogP contribution in [0.1, 0.15) is 65.4 Å². The molecule has 0 amide bonds. The van der Waals surface area contributed by atoms with E-state index < -0.39 is 56.3 Å². The molecule has 0 bridgehead atoms. The summed E-state index contributed by atoms with van der Waals surface area (Å²) in [6, 6.07) is 6.83. The zero-order chi connectivity index (χ0) is 32.6. The molecule has 45 heavy (non-hydrogen) atoms. The molecule has 2 aliphatic rings. The molecule has 1 aliphatic carbocycles. The number of aryl methyl sites for hydroxylation is 1. The fourth-order valence-corrected chi connectivity index (χ4v) is 6.94. The zero-order valence-corrected chi connectivity index (χ0v) is 26.7. The number of anilines is 1. The second kappa shape index (κ2) is 12.9. The molecule has 3 heterocycles. The van der Waals surface area contributed by atoms with E-state index in [-0.39, 0.29) is 17.4 Å². The minimum absolute atomic E-state index is 0.0775. The van der Waals surface area contributed by atoms with Gasteiger partial charge in [0.15, 0.2) is 35.0 Å². The van der Waals surface area contributed by atoms with Gasteiger partial charge in [-0.1, -0.05) is 31.0 Å². The summed E-state index contributed by atoms with van der Waals surface area (Å²) >= 11 is 0. The van der Waals surface area contributed by atoms with Gasteiger partial charge in [0.05, 0.1) is 12.4 Å². The van der Waals surface area contributed by atoms with Crippen molar-refractivity contribution in [3.05, 3.63) is 42.5 Å². The van der Waals surface area contributed by atoms with Crippen molar-refractivity contribution in [2.24, 2.45) is 0 Å². The molecule has 1 unspecified atom stereocenters. The Morgan fingerprint density at radius 1 is 1.20 bits per heavy atom. The van der Waals surface area contributed by atoms with Gasteiger partial charge in [-0.25, -0.2) is 28.3 Å². The predicted octanol–water partition coefficient (Wildman–Crippen LogP) is 4.91. The maximum atomic E-state index is 16.4. The van der Waals surface area contributed by atoms with E-state index >= 15 is 8.78 Å². The highest BCUT2D eigenvalue weighted by atomic mass is 31.2. The van der Waals surface area contributed by atoms with Crippen molar-refractivity contribution in [1.29, 1.82) is 0 Å². The Kier molecular flexibility index (Phi) is 9.48. The summed E-state index contributed by atoms with van der Waals surface area (Å²) in [7, 11) is -4.56. The van der Waals surface area contributed by atoms with Crippen molar-refractivity contribution < 1.29 is 41.8 Å². The lowest BCUT2D eigenvalue weighted by molar-refractivity contribution is -0.202. The average Bonchev–Trinajstić information content (AvgIpc) is 3.68. The molecule has 1 aromatic carbocycles. The second-order valence-corrected chi connectivity index (χ2v) is 13.6. The molecule has 2 aromatic heterocycles. The number of nitrogens with one attached hydrogen (secondary N) is 2. The molecule has 0 radical (unpaired) electrons. The number of aliphatic hydroxyl groups excluding tert-OH is 1. The normalized spacial score (nSPS) is 27.5. The van der Waals surface area contributed by atoms with Crippen molar-refractivity contribution in [3.63, 3.8) is 0 Å². The number of fused-ring (bicyclic) bond motifs is 1. The lowest BCUT2D eigenvalue weighted by Gasteiger charge is -2.28. The summed E-state index contributed by atoms with van der Waals surface area (Å²) in [4.78, 5) is 25.7. The van der Waals surface area contributed by atoms with Gasteiger partial charge in [0.25, 0.3) is 5.85 Å². The van der Waals surface area contributed by atoms with E-state index in [0.29, 0.717) is 17.2 Å². The van der Waals surface area contributed by atoms with E-state index in [4.69, 9.17) is 18.5 Å². The van der Waals surface area contributed by atoms with Gasteiger partial charge >= 0.3 is 13.7 Å². The van der Waals surface area contributed by atoms with Crippen molar-refractivity contribution >= 4 is 30.7 Å². The third-order valence-corrected chi connectivity index (χ3v) is 9.30. The van der Waals surface area contributed by atoms with Crippen molar-refractivity contribution in [3.8, 4) is 5.75 Å². The molecular formula is C29H39F2N6O7P. The van der Waals surface area contributed by atoms with Gasteiger partial charge < -0.3 is 24.4 Å². The van der Waals surface area contributed by atoms with Gasteiger partial charge in [0.2, 0.25) is 0 Å². The van der Waals surface area contributed by atoms with Crippen molar-refractivity contribution in [1.82, 2.24) is 24.6 Å². The van der Waals surface area contributed by atoms with Crippen LogP contribution in [0.4, 0.5) is 14.6 Å². The Balaban J connectivity index is 1.40. The molecule has 1 saturated heterocycles. The molecule has 246 valence electrons. The van der Waals surface area contributed by atoms with Gasteiger partial charge in [-0.3, -0.25) is 13.9 Å². The van der Waals surface area contributed by atoms with Crippen LogP contribution in [0.2, 0.25) is 0 Å². The fourth-order valence-electron chi connectivity index (χ4n) is 5.43. The summed E-state index contributed by atoms with van der Waals surface area (Å²) in [5, 5.41) is 16.7. The molecule has 5 rings (SSSR count). The highest BCUT2D eigenvalue weighted by Crippen LogP contribution is 2.52. The number of esters is 1. The number of rotatable bonds is 12. The number of ether oxygens (including phenoxy) is 2. The monoisotopic (exact) mass is 652 g/mol. The van der Waals surface area contributed by atoms with E-state index in [2.05, 4.69) is 25.4 Å². The zero-order valence-electron chi connectivity index (χ0n) is 25.8. The van der Waals surface area contributed by atoms with E-state index in [1.807, 2.05) is 0 Å². The minimum atomic E-state index is -4.56. The molecule has 0 spiro atoms. The number of alkyl halides is 2. The molecular weight excluding hydrogens is 613 g/mol. The lowest BCUT2D eigenvalue weighted by atomic mass is 9.97. The smallest absolute Gasteiger partial charge is 0.459 e. The fraction of sp³-hybridized carbons (Fsp3) is 0.586. The van der Waals surface area contributed by atoms with Crippen LogP contribution in [0.25, 0.3) is 11.2 Å². The van der Waals surface area contributed by atoms with Crippen LogP contribution in [0.3, 0.4) is 0 Å². The van der Waals surface area contributed by atoms with Gasteiger partial charge in [-0.2, -0.15) is 5.09 Å². The Labute approximate surface area is 259 Å².